The van der Waals surface area contributed by atoms with E-state index in [2.05, 4.69) is 21.0 Å². The summed E-state index contributed by atoms with van der Waals surface area (Å²) in [5, 5.41) is 9.25. The SMILES string of the molecule is CC(C)(C(=O)N1CCOc2c(C#N)cncc2C1)C1CN(c2ncc(F)cn2)C1. The van der Waals surface area contributed by atoms with Gasteiger partial charge in [0, 0.05) is 42.4 Å². The number of rotatable bonds is 3. The van der Waals surface area contributed by atoms with Gasteiger partial charge in [-0.15, -0.1) is 0 Å². The highest BCUT2D eigenvalue weighted by atomic mass is 19.1. The Kier molecular flexibility index (Phi) is 4.78. The van der Waals surface area contributed by atoms with Gasteiger partial charge in [0.1, 0.15) is 24.0 Å². The first-order valence-electron chi connectivity index (χ1n) is 9.42. The van der Waals surface area contributed by atoms with Crippen molar-refractivity contribution in [1.29, 1.82) is 5.26 Å². The number of carbonyl (C=O) groups excluding carboxylic acids is 1. The number of hydrogen-bond donors (Lipinski definition) is 0. The van der Waals surface area contributed by atoms with Crippen LogP contribution in [-0.2, 0) is 11.3 Å². The summed E-state index contributed by atoms with van der Waals surface area (Å²) in [4.78, 5) is 29.1. The zero-order valence-corrected chi connectivity index (χ0v) is 16.3. The van der Waals surface area contributed by atoms with E-state index in [4.69, 9.17) is 4.74 Å². The van der Waals surface area contributed by atoms with Gasteiger partial charge in [-0.25, -0.2) is 14.4 Å². The Hall–Kier alpha value is -3.28. The molecular formula is C20H21FN6O2. The van der Waals surface area contributed by atoms with E-state index in [9.17, 15) is 14.4 Å². The lowest BCUT2D eigenvalue weighted by Gasteiger charge is -2.47. The number of anilines is 1. The van der Waals surface area contributed by atoms with Crippen molar-refractivity contribution >= 4 is 11.9 Å². The van der Waals surface area contributed by atoms with Gasteiger partial charge in [-0.1, -0.05) is 13.8 Å². The maximum Gasteiger partial charge on any atom is 0.229 e. The Bertz CT molecular complexity index is 966. The first-order valence-corrected chi connectivity index (χ1v) is 9.42. The molecule has 29 heavy (non-hydrogen) atoms. The molecule has 0 aliphatic carbocycles. The van der Waals surface area contributed by atoms with Gasteiger partial charge in [-0.2, -0.15) is 5.26 Å². The second-order valence-electron chi connectivity index (χ2n) is 7.89. The van der Waals surface area contributed by atoms with Crippen LogP contribution < -0.4 is 9.64 Å². The maximum absolute atomic E-state index is 13.3. The van der Waals surface area contributed by atoms with Crippen LogP contribution in [0.3, 0.4) is 0 Å². The van der Waals surface area contributed by atoms with E-state index in [-0.39, 0.29) is 11.8 Å². The molecule has 0 aromatic carbocycles. The Labute approximate surface area is 168 Å². The lowest BCUT2D eigenvalue weighted by molar-refractivity contribution is -0.144. The molecule has 0 bridgehead atoms. The summed E-state index contributed by atoms with van der Waals surface area (Å²) < 4.78 is 18.7. The Balaban J connectivity index is 1.46. The van der Waals surface area contributed by atoms with Crippen LogP contribution in [-0.4, -0.2) is 52.0 Å². The molecule has 0 saturated carbocycles. The summed E-state index contributed by atoms with van der Waals surface area (Å²) >= 11 is 0. The van der Waals surface area contributed by atoms with Crippen LogP contribution in [0.25, 0.3) is 0 Å². The van der Waals surface area contributed by atoms with Crippen LogP contribution in [0.2, 0.25) is 0 Å². The Morgan fingerprint density at radius 2 is 2.00 bits per heavy atom. The lowest BCUT2D eigenvalue weighted by Crippen LogP contribution is -2.58. The van der Waals surface area contributed by atoms with Gasteiger partial charge >= 0.3 is 0 Å². The smallest absolute Gasteiger partial charge is 0.229 e. The molecule has 0 radical (unpaired) electrons. The molecule has 1 saturated heterocycles. The fourth-order valence-corrected chi connectivity index (χ4v) is 3.72. The van der Waals surface area contributed by atoms with E-state index in [1.165, 1.54) is 6.20 Å². The van der Waals surface area contributed by atoms with Crippen molar-refractivity contribution < 1.29 is 13.9 Å². The largest absolute Gasteiger partial charge is 0.490 e. The number of nitrogens with zero attached hydrogens (tertiary/aromatic N) is 6. The number of aromatic nitrogens is 3. The normalized spacial score (nSPS) is 16.9. The number of pyridine rings is 1. The fourth-order valence-electron chi connectivity index (χ4n) is 3.72. The summed E-state index contributed by atoms with van der Waals surface area (Å²) in [6.45, 7) is 6.28. The van der Waals surface area contributed by atoms with Crippen LogP contribution in [0.15, 0.2) is 24.8 Å². The van der Waals surface area contributed by atoms with Crippen molar-refractivity contribution in [3.63, 3.8) is 0 Å². The van der Waals surface area contributed by atoms with E-state index < -0.39 is 11.2 Å². The predicted molar refractivity (Wildman–Crippen MR) is 101 cm³/mol. The summed E-state index contributed by atoms with van der Waals surface area (Å²) in [6, 6.07) is 2.09. The standard InChI is InChI=1S/C20H21FN6O2/c1-20(2,15-11-27(12-15)19-24-8-16(21)9-25-19)18(28)26-3-4-29-17-13(5-22)6-23-7-14(17)10-26/h6-9,15H,3-4,10-12H2,1-2H3. The molecule has 9 heteroatoms. The molecule has 150 valence electrons. The molecule has 4 rings (SSSR count). The van der Waals surface area contributed by atoms with E-state index in [0.29, 0.717) is 50.0 Å². The minimum absolute atomic E-state index is 0.0287. The van der Waals surface area contributed by atoms with Gasteiger partial charge in [0.05, 0.1) is 25.5 Å². The molecule has 8 nitrogen and oxygen atoms in total. The number of hydrogen-bond acceptors (Lipinski definition) is 7. The van der Waals surface area contributed by atoms with Gasteiger partial charge in [0.2, 0.25) is 11.9 Å². The Morgan fingerprint density at radius 1 is 1.28 bits per heavy atom. The van der Waals surface area contributed by atoms with Crippen LogP contribution in [0.5, 0.6) is 5.75 Å². The third-order valence-corrected chi connectivity index (χ3v) is 5.69. The zero-order chi connectivity index (χ0) is 20.6. The van der Waals surface area contributed by atoms with Crippen LogP contribution in [0.4, 0.5) is 10.3 Å². The average molecular weight is 396 g/mol. The number of fused-ring (bicyclic) bond motifs is 1. The molecule has 0 spiro atoms. The number of carbonyl (C=O) groups is 1. The second-order valence-corrected chi connectivity index (χ2v) is 7.89. The van der Waals surface area contributed by atoms with Gasteiger partial charge < -0.3 is 14.5 Å². The number of amides is 1. The molecule has 2 aromatic heterocycles. The fraction of sp³-hybridized carbons (Fsp3) is 0.450. The molecule has 0 unspecified atom stereocenters. The maximum atomic E-state index is 13.3. The number of halogens is 1. The minimum atomic E-state index is -0.596. The highest BCUT2D eigenvalue weighted by Gasteiger charge is 2.46. The van der Waals surface area contributed by atoms with Crippen LogP contribution in [0.1, 0.15) is 25.0 Å². The van der Waals surface area contributed by atoms with Gasteiger partial charge in [0.15, 0.2) is 5.82 Å². The van der Waals surface area contributed by atoms with Crippen molar-refractivity contribution in [1.82, 2.24) is 19.9 Å². The number of ether oxygens (including phenoxy) is 1. The monoisotopic (exact) mass is 396 g/mol. The highest BCUT2D eigenvalue weighted by molar-refractivity contribution is 5.83. The van der Waals surface area contributed by atoms with Crippen molar-refractivity contribution in [3.8, 4) is 11.8 Å². The van der Waals surface area contributed by atoms with Crippen molar-refractivity contribution in [2.75, 3.05) is 31.1 Å². The predicted octanol–water partition coefficient (Wildman–Crippen LogP) is 1.77. The van der Waals surface area contributed by atoms with Crippen molar-refractivity contribution in [3.05, 3.63) is 41.7 Å². The first kappa shape index (κ1) is 19.1. The molecular weight excluding hydrogens is 375 g/mol. The molecule has 2 aliphatic rings. The second kappa shape index (κ2) is 7.28. The van der Waals surface area contributed by atoms with Crippen molar-refractivity contribution in [2.45, 2.75) is 20.4 Å². The van der Waals surface area contributed by atoms with Gasteiger partial charge in [-0.3, -0.25) is 9.78 Å². The minimum Gasteiger partial charge on any atom is -0.490 e. The summed E-state index contributed by atoms with van der Waals surface area (Å²) in [5.74, 6) is 0.660. The topological polar surface area (TPSA) is 95.2 Å². The van der Waals surface area contributed by atoms with Crippen LogP contribution in [0, 0.1) is 28.5 Å². The van der Waals surface area contributed by atoms with Gasteiger partial charge in [-0.05, 0) is 0 Å². The van der Waals surface area contributed by atoms with E-state index in [1.54, 1.807) is 11.1 Å². The van der Waals surface area contributed by atoms with E-state index >= 15 is 0 Å². The molecule has 4 heterocycles. The third kappa shape index (κ3) is 3.46. The van der Waals surface area contributed by atoms with Crippen LogP contribution >= 0.6 is 0 Å². The molecule has 2 aromatic rings. The summed E-state index contributed by atoms with van der Waals surface area (Å²) in [5.41, 5.74) is 0.520. The highest BCUT2D eigenvalue weighted by Crippen LogP contribution is 2.38. The third-order valence-electron chi connectivity index (χ3n) is 5.69. The lowest BCUT2D eigenvalue weighted by atomic mass is 9.73. The van der Waals surface area contributed by atoms with Crippen molar-refractivity contribution in [2.24, 2.45) is 11.3 Å². The molecule has 1 amide bonds. The molecule has 0 N–H and O–H groups in total. The first-order chi connectivity index (χ1) is 13.9. The van der Waals surface area contributed by atoms with E-state index in [0.717, 1.165) is 18.0 Å². The summed E-state index contributed by atoms with van der Waals surface area (Å²) in [6.07, 6.45) is 5.40. The van der Waals surface area contributed by atoms with E-state index in [1.807, 2.05) is 18.7 Å². The van der Waals surface area contributed by atoms with Gasteiger partial charge in [0.25, 0.3) is 0 Å². The number of nitriles is 1. The average Bonchev–Trinajstić information content (AvgIpc) is 2.89. The quantitative estimate of drug-likeness (QED) is 0.780. The molecule has 1 fully saturated rings. The molecule has 0 atom stereocenters. The molecule has 2 aliphatic heterocycles. The summed E-state index contributed by atoms with van der Waals surface area (Å²) in [7, 11) is 0. The Morgan fingerprint density at radius 3 is 2.69 bits per heavy atom. The zero-order valence-electron chi connectivity index (χ0n) is 16.3.